The molecule has 0 saturated carbocycles. The number of aromatic nitrogens is 2. The van der Waals surface area contributed by atoms with Crippen molar-refractivity contribution in [3.8, 4) is 12.1 Å². The van der Waals surface area contributed by atoms with Crippen LogP contribution in [0.2, 0.25) is 5.02 Å². The molecule has 23 heavy (non-hydrogen) atoms. The van der Waals surface area contributed by atoms with Gasteiger partial charge in [0.25, 0.3) is 11.2 Å². The molecule has 0 bridgehead atoms. The molecule has 2 aromatic rings. The van der Waals surface area contributed by atoms with Crippen molar-refractivity contribution in [3.05, 3.63) is 44.0 Å². The Bertz CT molecular complexity index is 909. The van der Waals surface area contributed by atoms with E-state index in [9.17, 15) is 14.9 Å². The van der Waals surface area contributed by atoms with E-state index in [1.807, 2.05) is 12.1 Å². The van der Waals surface area contributed by atoms with Crippen LogP contribution in [0.3, 0.4) is 0 Å². The molecule has 9 heteroatoms. The standard InChI is InChI=1S/C14H10ClN5O3/c15-11-5-12-10(4-13(11)20(22)23)14(21)19(8-18-12)7-9(6-17)2-1-3-16/h4-5,8-9H,1-2,7H2. The van der Waals surface area contributed by atoms with Crippen LogP contribution in [0.1, 0.15) is 12.8 Å². The maximum Gasteiger partial charge on any atom is 0.288 e. The van der Waals surface area contributed by atoms with Gasteiger partial charge in [-0.3, -0.25) is 19.5 Å². The highest BCUT2D eigenvalue weighted by Crippen LogP contribution is 2.27. The van der Waals surface area contributed by atoms with E-state index >= 15 is 0 Å². The maximum atomic E-state index is 12.4. The molecule has 1 heterocycles. The fraction of sp³-hybridized carbons (Fsp3) is 0.286. The predicted octanol–water partition coefficient (Wildman–Crippen LogP) is 2.40. The van der Waals surface area contributed by atoms with Gasteiger partial charge in [0.1, 0.15) is 5.02 Å². The van der Waals surface area contributed by atoms with Crippen molar-refractivity contribution in [2.75, 3.05) is 0 Å². The van der Waals surface area contributed by atoms with Gasteiger partial charge >= 0.3 is 0 Å². The van der Waals surface area contributed by atoms with E-state index in [1.165, 1.54) is 17.0 Å². The fourth-order valence-electron chi connectivity index (χ4n) is 2.11. The molecule has 2 rings (SSSR count). The van der Waals surface area contributed by atoms with E-state index in [0.717, 1.165) is 6.07 Å². The molecule has 0 fully saturated rings. The first-order chi connectivity index (χ1) is 11.0. The quantitative estimate of drug-likeness (QED) is 0.611. The van der Waals surface area contributed by atoms with Gasteiger partial charge in [0, 0.05) is 19.0 Å². The predicted molar refractivity (Wildman–Crippen MR) is 81.6 cm³/mol. The van der Waals surface area contributed by atoms with Crippen molar-refractivity contribution in [1.82, 2.24) is 9.55 Å². The van der Waals surface area contributed by atoms with Crippen LogP contribution in [0.4, 0.5) is 5.69 Å². The molecular formula is C14H10ClN5O3. The zero-order chi connectivity index (χ0) is 17.0. The molecule has 1 unspecified atom stereocenters. The van der Waals surface area contributed by atoms with E-state index in [1.54, 1.807) is 0 Å². The topological polar surface area (TPSA) is 126 Å². The molecule has 0 amide bonds. The van der Waals surface area contributed by atoms with Crippen LogP contribution in [-0.2, 0) is 6.54 Å². The Morgan fingerprint density at radius 3 is 2.78 bits per heavy atom. The molecule has 0 spiro atoms. The number of hydrogen-bond acceptors (Lipinski definition) is 6. The highest BCUT2D eigenvalue weighted by molar-refractivity contribution is 6.33. The average Bonchev–Trinajstić information content (AvgIpc) is 2.52. The number of fused-ring (bicyclic) bond motifs is 1. The third-order valence-electron chi connectivity index (χ3n) is 3.29. The van der Waals surface area contributed by atoms with Crippen LogP contribution in [0, 0.1) is 38.7 Å². The Balaban J connectivity index is 2.48. The smallest absolute Gasteiger partial charge is 0.288 e. The van der Waals surface area contributed by atoms with Gasteiger partial charge in [0.05, 0.1) is 40.2 Å². The first kappa shape index (κ1) is 16.4. The molecule has 0 aliphatic carbocycles. The zero-order valence-electron chi connectivity index (χ0n) is 11.8. The van der Waals surface area contributed by atoms with Crippen molar-refractivity contribution in [1.29, 1.82) is 10.5 Å². The highest BCUT2D eigenvalue weighted by Gasteiger charge is 2.17. The van der Waals surface area contributed by atoms with Crippen molar-refractivity contribution in [2.45, 2.75) is 19.4 Å². The molecule has 0 radical (unpaired) electrons. The van der Waals surface area contributed by atoms with Crippen LogP contribution in [0.25, 0.3) is 10.9 Å². The lowest BCUT2D eigenvalue weighted by molar-refractivity contribution is -0.384. The second-order valence-electron chi connectivity index (χ2n) is 4.80. The summed E-state index contributed by atoms with van der Waals surface area (Å²) in [6, 6.07) is 6.32. The average molecular weight is 332 g/mol. The molecule has 1 atom stereocenters. The molecule has 0 N–H and O–H groups in total. The molecular weight excluding hydrogens is 322 g/mol. The lowest BCUT2D eigenvalue weighted by Crippen LogP contribution is -2.24. The minimum atomic E-state index is -0.677. The summed E-state index contributed by atoms with van der Waals surface area (Å²) in [6.45, 7) is 0.0659. The molecule has 1 aromatic heterocycles. The van der Waals surface area contributed by atoms with Crippen LogP contribution < -0.4 is 5.56 Å². The van der Waals surface area contributed by atoms with E-state index in [-0.39, 0.29) is 34.6 Å². The number of rotatable bonds is 5. The largest absolute Gasteiger partial charge is 0.297 e. The Morgan fingerprint density at radius 1 is 1.43 bits per heavy atom. The summed E-state index contributed by atoms with van der Waals surface area (Å²) in [7, 11) is 0. The summed E-state index contributed by atoms with van der Waals surface area (Å²) in [5, 5.41) is 28.5. The summed E-state index contributed by atoms with van der Waals surface area (Å²) in [5.41, 5.74) is -0.628. The summed E-state index contributed by atoms with van der Waals surface area (Å²) in [5.74, 6) is -0.520. The Kier molecular flexibility index (Phi) is 4.89. The second-order valence-corrected chi connectivity index (χ2v) is 5.21. The molecule has 116 valence electrons. The Labute approximate surface area is 135 Å². The van der Waals surface area contributed by atoms with E-state index in [2.05, 4.69) is 4.98 Å². The number of nitro benzene ring substituents is 1. The number of nitriles is 2. The van der Waals surface area contributed by atoms with Crippen molar-refractivity contribution in [3.63, 3.8) is 0 Å². The first-order valence-electron chi connectivity index (χ1n) is 6.57. The van der Waals surface area contributed by atoms with Crippen molar-refractivity contribution in [2.24, 2.45) is 5.92 Å². The lowest BCUT2D eigenvalue weighted by Gasteiger charge is -2.10. The SMILES string of the molecule is N#CCCC(C#N)Cn1cnc2cc(Cl)c([N+](=O)[O-])cc2c1=O. The summed E-state index contributed by atoms with van der Waals surface area (Å²) < 4.78 is 1.21. The molecule has 8 nitrogen and oxygen atoms in total. The van der Waals surface area contributed by atoms with Crippen LogP contribution >= 0.6 is 11.6 Å². The monoisotopic (exact) mass is 331 g/mol. The Hall–Kier alpha value is -2.97. The van der Waals surface area contributed by atoms with Crippen LogP contribution in [-0.4, -0.2) is 14.5 Å². The third-order valence-corrected chi connectivity index (χ3v) is 3.60. The minimum absolute atomic E-state index is 0.0561. The fourth-order valence-corrected chi connectivity index (χ4v) is 2.34. The Morgan fingerprint density at radius 2 is 2.17 bits per heavy atom. The van der Waals surface area contributed by atoms with E-state index in [0.29, 0.717) is 6.42 Å². The molecule has 0 aliphatic heterocycles. The van der Waals surface area contributed by atoms with Gasteiger partial charge in [-0.05, 0) is 12.5 Å². The third kappa shape index (κ3) is 3.44. The number of hydrogen-bond donors (Lipinski definition) is 0. The maximum absolute atomic E-state index is 12.4. The van der Waals surface area contributed by atoms with Gasteiger partial charge in [-0.25, -0.2) is 4.98 Å². The number of nitro groups is 1. The molecule has 1 aromatic carbocycles. The summed E-state index contributed by atoms with van der Waals surface area (Å²) >= 11 is 5.79. The molecule has 0 saturated heterocycles. The minimum Gasteiger partial charge on any atom is -0.297 e. The summed E-state index contributed by atoms with van der Waals surface area (Å²) in [6.07, 6.45) is 1.80. The van der Waals surface area contributed by atoms with Gasteiger partial charge in [0.2, 0.25) is 0 Å². The van der Waals surface area contributed by atoms with Gasteiger partial charge in [-0.15, -0.1) is 0 Å². The van der Waals surface area contributed by atoms with E-state index in [4.69, 9.17) is 22.1 Å². The zero-order valence-corrected chi connectivity index (χ0v) is 12.5. The second kappa shape index (κ2) is 6.86. The number of nitrogens with zero attached hydrogens (tertiary/aromatic N) is 5. The molecule has 0 aliphatic rings. The van der Waals surface area contributed by atoms with Crippen LogP contribution in [0.5, 0.6) is 0 Å². The first-order valence-corrected chi connectivity index (χ1v) is 6.95. The summed E-state index contributed by atoms with van der Waals surface area (Å²) in [4.78, 5) is 26.7. The van der Waals surface area contributed by atoms with Gasteiger partial charge < -0.3 is 0 Å². The van der Waals surface area contributed by atoms with Gasteiger partial charge in [-0.2, -0.15) is 10.5 Å². The highest BCUT2D eigenvalue weighted by atomic mass is 35.5. The van der Waals surface area contributed by atoms with Crippen LogP contribution in [0.15, 0.2) is 23.3 Å². The lowest BCUT2D eigenvalue weighted by atomic mass is 10.1. The number of benzene rings is 1. The number of halogens is 1. The van der Waals surface area contributed by atoms with Crippen molar-refractivity contribution < 1.29 is 4.92 Å². The van der Waals surface area contributed by atoms with Gasteiger partial charge in [0.15, 0.2) is 0 Å². The normalized spacial score (nSPS) is 11.6. The van der Waals surface area contributed by atoms with Crippen molar-refractivity contribution >= 4 is 28.2 Å². The van der Waals surface area contributed by atoms with Gasteiger partial charge in [-0.1, -0.05) is 11.6 Å². The van der Waals surface area contributed by atoms with E-state index < -0.39 is 16.4 Å².